The Bertz CT molecular complexity index is 406. The van der Waals surface area contributed by atoms with E-state index in [0.29, 0.717) is 5.56 Å². The first-order valence-electron chi connectivity index (χ1n) is 5.14. The van der Waals surface area contributed by atoms with Gasteiger partial charge in [0, 0.05) is 12.6 Å². The lowest BCUT2D eigenvalue weighted by atomic mass is 10.1. The highest BCUT2D eigenvalue weighted by atomic mass is 16.4. The average Bonchev–Trinajstić information content (AvgIpc) is 3.13. The van der Waals surface area contributed by atoms with E-state index in [2.05, 4.69) is 12.2 Å². The van der Waals surface area contributed by atoms with Crippen molar-refractivity contribution in [3.8, 4) is 6.07 Å². The van der Waals surface area contributed by atoms with Crippen LogP contribution in [0.1, 0.15) is 29.3 Å². The molecule has 1 unspecified atom stereocenters. The summed E-state index contributed by atoms with van der Waals surface area (Å²) in [6.45, 7) is 3.46. The van der Waals surface area contributed by atoms with E-state index in [0.717, 1.165) is 6.04 Å². The van der Waals surface area contributed by atoms with Gasteiger partial charge < -0.3 is 10.4 Å². The molecule has 1 atom stereocenters. The highest BCUT2D eigenvalue weighted by molar-refractivity contribution is 5.87. The smallest absolute Gasteiger partial charge is 0.335 e. The van der Waals surface area contributed by atoms with Crippen LogP contribution in [0, 0.1) is 11.3 Å². The molecule has 1 aromatic rings. The van der Waals surface area contributed by atoms with Crippen LogP contribution in [-0.4, -0.2) is 23.7 Å². The van der Waals surface area contributed by atoms with E-state index in [-0.39, 0.29) is 5.56 Å². The second-order valence-electron chi connectivity index (χ2n) is 3.51. The minimum atomic E-state index is -1.01. The van der Waals surface area contributed by atoms with Crippen LogP contribution >= 0.6 is 0 Å². The van der Waals surface area contributed by atoms with Gasteiger partial charge in [0.05, 0.1) is 17.2 Å². The number of nitrogens with one attached hydrogen (secondary N) is 1. The van der Waals surface area contributed by atoms with Gasteiger partial charge >= 0.3 is 5.97 Å². The number of rotatable bonds is 2. The Morgan fingerprint density at radius 2 is 2.38 bits per heavy atom. The van der Waals surface area contributed by atoms with Crippen molar-refractivity contribution in [3.05, 3.63) is 35.4 Å². The molecule has 4 heteroatoms. The van der Waals surface area contributed by atoms with Gasteiger partial charge in [0.25, 0.3) is 0 Å². The van der Waals surface area contributed by atoms with Crippen molar-refractivity contribution in [3.63, 3.8) is 0 Å². The van der Waals surface area contributed by atoms with Crippen LogP contribution in [0.3, 0.4) is 0 Å². The number of nitriles is 1. The van der Waals surface area contributed by atoms with Crippen molar-refractivity contribution in [1.82, 2.24) is 5.32 Å². The SMILES string of the molecule is CCC1CN1.N#Cc1cccc(C(=O)O)c1. The Morgan fingerprint density at radius 1 is 1.69 bits per heavy atom. The van der Waals surface area contributed by atoms with E-state index in [1.807, 2.05) is 6.07 Å². The fourth-order valence-electron chi connectivity index (χ4n) is 1.09. The van der Waals surface area contributed by atoms with E-state index >= 15 is 0 Å². The maximum atomic E-state index is 10.4. The number of hydrogen-bond acceptors (Lipinski definition) is 3. The fourth-order valence-corrected chi connectivity index (χ4v) is 1.09. The molecule has 0 aliphatic carbocycles. The monoisotopic (exact) mass is 218 g/mol. The number of nitrogens with zero attached hydrogens (tertiary/aromatic N) is 1. The molecule has 2 rings (SSSR count). The van der Waals surface area contributed by atoms with Gasteiger partial charge in [-0.15, -0.1) is 0 Å². The molecule has 1 heterocycles. The minimum Gasteiger partial charge on any atom is -0.478 e. The summed E-state index contributed by atoms with van der Waals surface area (Å²) in [4.78, 5) is 10.4. The average molecular weight is 218 g/mol. The molecule has 2 N–H and O–H groups in total. The van der Waals surface area contributed by atoms with Crippen molar-refractivity contribution < 1.29 is 9.90 Å². The molecular formula is C12H14N2O2. The Labute approximate surface area is 94.5 Å². The van der Waals surface area contributed by atoms with Crippen LogP contribution in [0.15, 0.2) is 24.3 Å². The second kappa shape index (κ2) is 5.89. The van der Waals surface area contributed by atoms with Gasteiger partial charge in [0.1, 0.15) is 0 Å². The van der Waals surface area contributed by atoms with Gasteiger partial charge in [-0.3, -0.25) is 0 Å². The molecule has 0 amide bonds. The maximum Gasteiger partial charge on any atom is 0.335 e. The summed E-state index contributed by atoms with van der Waals surface area (Å²) in [5.41, 5.74) is 0.508. The van der Waals surface area contributed by atoms with E-state index in [1.54, 1.807) is 12.1 Å². The van der Waals surface area contributed by atoms with Crippen molar-refractivity contribution in [1.29, 1.82) is 5.26 Å². The molecule has 84 valence electrons. The molecule has 0 spiro atoms. The summed E-state index contributed by atoms with van der Waals surface area (Å²) in [6, 6.07) is 8.63. The molecule has 1 aromatic carbocycles. The lowest BCUT2D eigenvalue weighted by molar-refractivity contribution is 0.0697. The van der Waals surface area contributed by atoms with Crippen LogP contribution in [0.4, 0.5) is 0 Å². The molecule has 0 aromatic heterocycles. The number of carboxylic acid groups (broad SMARTS) is 1. The van der Waals surface area contributed by atoms with Crippen LogP contribution in [0.5, 0.6) is 0 Å². The molecule has 16 heavy (non-hydrogen) atoms. The first-order valence-corrected chi connectivity index (χ1v) is 5.14. The number of hydrogen-bond donors (Lipinski definition) is 2. The third-order valence-corrected chi connectivity index (χ3v) is 2.22. The Hall–Kier alpha value is -1.86. The molecule has 1 aliphatic heterocycles. The molecule has 1 saturated heterocycles. The van der Waals surface area contributed by atoms with Gasteiger partial charge in [-0.2, -0.15) is 5.26 Å². The Kier molecular flexibility index (Phi) is 4.49. The van der Waals surface area contributed by atoms with Crippen molar-refractivity contribution >= 4 is 5.97 Å². The largest absolute Gasteiger partial charge is 0.478 e. The van der Waals surface area contributed by atoms with Gasteiger partial charge in [-0.05, 0) is 24.6 Å². The van der Waals surface area contributed by atoms with E-state index < -0.39 is 5.97 Å². The van der Waals surface area contributed by atoms with Crippen LogP contribution < -0.4 is 5.32 Å². The molecule has 1 aliphatic rings. The van der Waals surface area contributed by atoms with Crippen molar-refractivity contribution in [2.45, 2.75) is 19.4 Å². The number of carboxylic acids is 1. The quantitative estimate of drug-likeness (QED) is 0.739. The highest BCUT2D eigenvalue weighted by Gasteiger charge is 2.15. The maximum absolute atomic E-state index is 10.4. The summed E-state index contributed by atoms with van der Waals surface area (Å²) in [6.07, 6.45) is 1.31. The second-order valence-corrected chi connectivity index (χ2v) is 3.51. The third kappa shape index (κ3) is 4.11. The first-order chi connectivity index (χ1) is 7.67. The van der Waals surface area contributed by atoms with Crippen molar-refractivity contribution in [2.24, 2.45) is 0 Å². The number of aromatic carboxylic acids is 1. The van der Waals surface area contributed by atoms with E-state index in [9.17, 15) is 4.79 Å². The summed E-state index contributed by atoms with van der Waals surface area (Å²) < 4.78 is 0. The summed E-state index contributed by atoms with van der Waals surface area (Å²) >= 11 is 0. The van der Waals surface area contributed by atoms with Gasteiger partial charge in [0.15, 0.2) is 0 Å². The topological polar surface area (TPSA) is 83.0 Å². The molecule has 0 bridgehead atoms. The van der Waals surface area contributed by atoms with Crippen LogP contribution in [0.2, 0.25) is 0 Å². The Balaban J connectivity index is 0.000000212. The van der Waals surface area contributed by atoms with Crippen molar-refractivity contribution in [2.75, 3.05) is 6.54 Å². The molecular weight excluding hydrogens is 204 g/mol. The zero-order chi connectivity index (χ0) is 12.0. The number of benzene rings is 1. The third-order valence-electron chi connectivity index (χ3n) is 2.22. The molecule has 0 saturated carbocycles. The molecule has 1 fully saturated rings. The summed E-state index contributed by atoms with van der Waals surface area (Å²) in [5, 5.41) is 20.1. The highest BCUT2D eigenvalue weighted by Crippen LogP contribution is 2.03. The first kappa shape index (κ1) is 12.2. The zero-order valence-corrected chi connectivity index (χ0v) is 9.10. The lowest BCUT2D eigenvalue weighted by Gasteiger charge is -1.91. The summed E-state index contributed by atoms with van der Waals surface area (Å²) in [5.74, 6) is -1.01. The van der Waals surface area contributed by atoms with Crippen LogP contribution in [0.25, 0.3) is 0 Å². The predicted octanol–water partition coefficient (Wildman–Crippen LogP) is 1.62. The normalized spacial score (nSPS) is 16.6. The Morgan fingerprint density at radius 3 is 2.75 bits per heavy atom. The number of carbonyl (C=O) groups is 1. The lowest BCUT2D eigenvalue weighted by Crippen LogP contribution is -1.95. The molecule has 4 nitrogen and oxygen atoms in total. The zero-order valence-electron chi connectivity index (χ0n) is 9.10. The predicted molar refractivity (Wildman–Crippen MR) is 60.2 cm³/mol. The summed E-state index contributed by atoms with van der Waals surface area (Å²) in [7, 11) is 0. The van der Waals surface area contributed by atoms with E-state index in [4.69, 9.17) is 10.4 Å². The van der Waals surface area contributed by atoms with Gasteiger partial charge in [-0.25, -0.2) is 4.79 Å². The van der Waals surface area contributed by atoms with E-state index in [1.165, 1.54) is 25.1 Å². The van der Waals surface area contributed by atoms with Gasteiger partial charge in [-0.1, -0.05) is 13.0 Å². The standard InChI is InChI=1S/C8H5NO2.C4H9N/c9-5-6-2-1-3-7(4-6)8(10)11;1-2-4-3-5-4/h1-4H,(H,10,11);4-5H,2-3H2,1H3. The minimum absolute atomic E-state index is 0.143. The van der Waals surface area contributed by atoms with Gasteiger partial charge in [0.2, 0.25) is 0 Å². The van der Waals surface area contributed by atoms with Crippen LogP contribution in [-0.2, 0) is 0 Å². The molecule has 0 radical (unpaired) electrons. The fraction of sp³-hybridized carbons (Fsp3) is 0.333.